The first-order valence-electron chi connectivity index (χ1n) is 9.81. The molecule has 4 atom stereocenters. The number of amides is 1. The molecule has 7 heteroatoms. The second-order valence-electron chi connectivity index (χ2n) is 7.33. The van der Waals surface area contributed by atoms with Crippen molar-refractivity contribution in [1.82, 2.24) is 9.99 Å². The van der Waals surface area contributed by atoms with Crippen molar-refractivity contribution >= 4 is 18.1 Å². The van der Waals surface area contributed by atoms with E-state index in [1.165, 1.54) is 5.01 Å². The molecule has 0 aliphatic carbocycles. The Labute approximate surface area is 165 Å². The molecule has 1 amide bonds. The molecule has 0 spiro atoms. The Morgan fingerprint density at radius 1 is 1.32 bits per heavy atom. The number of carbonyl (C=O) groups is 2. The summed E-state index contributed by atoms with van der Waals surface area (Å²) >= 11 is 0. The monoisotopic (exact) mass is 385 g/mol. The zero-order chi connectivity index (χ0) is 19.9. The summed E-state index contributed by atoms with van der Waals surface area (Å²) in [7, 11) is 1.64. The van der Waals surface area contributed by atoms with Gasteiger partial charge in [0.2, 0.25) is 0 Å². The zero-order valence-corrected chi connectivity index (χ0v) is 16.1. The maximum Gasteiger partial charge on any atom is 0.303 e. The number of nitrogens with zero attached hydrogens (tertiary/aromatic N) is 3. The van der Waals surface area contributed by atoms with E-state index >= 15 is 0 Å². The minimum absolute atomic E-state index is 0.164. The highest BCUT2D eigenvalue weighted by molar-refractivity contribution is 5.92. The molecule has 3 heterocycles. The molecule has 1 aromatic rings. The van der Waals surface area contributed by atoms with Gasteiger partial charge in [0.15, 0.2) is 0 Å². The first-order valence-corrected chi connectivity index (χ1v) is 9.81. The number of hydrazone groups is 1. The van der Waals surface area contributed by atoms with Gasteiger partial charge in [0, 0.05) is 31.8 Å². The van der Waals surface area contributed by atoms with Crippen LogP contribution < -0.4 is 0 Å². The highest BCUT2D eigenvalue weighted by atomic mass is 16.5. The third-order valence-corrected chi connectivity index (χ3v) is 5.41. The van der Waals surface area contributed by atoms with Gasteiger partial charge in [-0.05, 0) is 50.2 Å². The van der Waals surface area contributed by atoms with Crippen molar-refractivity contribution in [2.24, 2.45) is 16.9 Å². The Bertz CT molecular complexity index is 734. The number of hydrogen-bond donors (Lipinski definition) is 1. The molecule has 0 radical (unpaired) electrons. The lowest BCUT2D eigenvalue weighted by Gasteiger charge is -2.24. The van der Waals surface area contributed by atoms with Gasteiger partial charge in [-0.25, -0.2) is 5.01 Å². The molecule has 2 aliphatic heterocycles. The molecule has 150 valence electrons. The number of carboxylic acid groups (broad SMARTS) is 1. The average Bonchev–Trinajstić information content (AvgIpc) is 3.30. The Hall–Kier alpha value is -2.54. The molecule has 1 aromatic heterocycles. The molecular weight excluding hydrogens is 358 g/mol. The number of pyridine rings is 1. The molecule has 2 fully saturated rings. The fourth-order valence-electron chi connectivity index (χ4n) is 3.95. The molecule has 2 aliphatic rings. The van der Waals surface area contributed by atoms with Gasteiger partial charge < -0.3 is 9.84 Å². The van der Waals surface area contributed by atoms with E-state index in [2.05, 4.69) is 22.2 Å². The van der Waals surface area contributed by atoms with Crippen LogP contribution in [0.5, 0.6) is 0 Å². The normalized spacial score (nSPS) is 26.3. The van der Waals surface area contributed by atoms with Gasteiger partial charge in [-0.2, -0.15) is 5.10 Å². The van der Waals surface area contributed by atoms with E-state index in [4.69, 9.17) is 9.84 Å². The maximum absolute atomic E-state index is 12.4. The third-order valence-electron chi connectivity index (χ3n) is 5.41. The fourth-order valence-corrected chi connectivity index (χ4v) is 3.95. The molecule has 3 rings (SSSR count). The Kier molecular flexibility index (Phi) is 6.92. The van der Waals surface area contributed by atoms with Crippen molar-refractivity contribution in [3.63, 3.8) is 0 Å². The number of carbonyl (C=O) groups excluding carboxylic acids is 1. The van der Waals surface area contributed by atoms with Gasteiger partial charge in [-0.15, -0.1) is 0 Å². The number of carboxylic acids is 1. The lowest BCUT2D eigenvalue weighted by molar-refractivity contribution is -0.137. The number of allylic oxidation sites excluding steroid dienone is 2. The van der Waals surface area contributed by atoms with Crippen molar-refractivity contribution in [3.05, 3.63) is 42.2 Å². The summed E-state index contributed by atoms with van der Waals surface area (Å²) in [6, 6.07) is 5.22. The standard InChI is InChI=1S/C21H27N3O4/c1-24(21(27)17-9-6-7-13-22-17)23-14-16-15(18-11-12-19(16)28-18)8-4-2-3-5-10-20(25)26/h2,4,6-7,9,13-16,18-19H,3,5,8,10-12H2,1H3,(H,25,26)/t15-,16+,18-,19+/m1/s1. The summed E-state index contributed by atoms with van der Waals surface area (Å²) < 4.78 is 6.07. The summed E-state index contributed by atoms with van der Waals surface area (Å²) in [4.78, 5) is 27.0. The molecule has 28 heavy (non-hydrogen) atoms. The molecule has 2 bridgehead atoms. The summed E-state index contributed by atoms with van der Waals surface area (Å²) in [6.45, 7) is 0. The summed E-state index contributed by atoms with van der Waals surface area (Å²) in [5, 5.41) is 14.4. The maximum atomic E-state index is 12.4. The Morgan fingerprint density at radius 2 is 2.14 bits per heavy atom. The van der Waals surface area contributed by atoms with Gasteiger partial charge in [0.25, 0.3) is 5.91 Å². The van der Waals surface area contributed by atoms with Gasteiger partial charge in [-0.1, -0.05) is 18.2 Å². The molecule has 0 aromatic carbocycles. The number of aliphatic carboxylic acids is 1. The first kappa shape index (κ1) is 20.2. The van der Waals surface area contributed by atoms with E-state index in [0.29, 0.717) is 18.0 Å². The number of rotatable bonds is 9. The number of fused-ring (bicyclic) bond motifs is 2. The molecule has 0 unspecified atom stereocenters. The van der Waals surface area contributed by atoms with Crippen molar-refractivity contribution in [1.29, 1.82) is 0 Å². The minimum atomic E-state index is -0.754. The fraction of sp³-hybridized carbons (Fsp3) is 0.524. The second-order valence-corrected chi connectivity index (χ2v) is 7.33. The Balaban J connectivity index is 1.55. The van der Waals surface area contributed by atoms with E-state index in [-0.39, 0.29) is 30.5 Å². The third kappa shape index (κ3) is 5.04. The predicted molar refractivity (Wildman–Crippen MR) is 105 cm³/mol. The molecule has 1 N–H and O–H groups in total. The van der Waals surface area contributed by atoms with Crippen LogP contribution in [0.4, 0.5) is 0 Å². The highest BCUT2D eigenvalue weighted by Gasteiger charge is 2.47. The van der Waals surface area contributed by atoms with Crippen molar-refractivity contribution in [3.8, 4) is 0 Å². The van der Waals surface area contributed by atoms with E-state index in [1.807, 2.05) is 6.21 Å². The van der Waals surface area contributed by atoms with Gasteiger partial charge >= 0.3 is 5.97 Å². The predicted octanol–water partition coefficient (Wildman–Crippen LogP) is 3.13. The smallest absolute Gasteiger partial charge is 0.303 e. The van der Waals surface area contributed by atoms with Crippen LogP contribution in [0.1, 0.15) is 49.0 Å². The van der Waals surface area contributed by atoms with Gasteiger partial charge in [0.1, 0.15) is 5.69 Å². The van der Waals surface area contributed by atoms with Crippen LogP contribution in [0.15, 0.2) is 41.6 Å². The van der Waals surface area contributed by atoms with Crippen molar-refractivity contribution in [2.45, 2.75) is 50.7 Å². The first-order chi connectivity index (χ1) is 13.6. The lowest BCUT2D eigenvalue weighted by Crippen LogP contribution is -2.30. The quantitative estimate of drug-likeness (QED) is 0.305. The summed E-state index contributed by atoms with van der Waals surface area (Å²) in [5.41, 5.74) is 0.368. The van der Waals surface area contributed by atoms with Crippen LogP contribution in [-0.2, 0) is 9.53 Å². The average molecular weight is 385 g/mol. The SMILES string of the molecule is CN(N=C[C@H]1[C@@H](CC=CCCCC(=O)O)[C@H]2CC[C@@H]1O2)C(=O)c1ccccn1. The van der Waals surface area contributed by atoms with E-state index < -0.39 is 5.97 Å². The van der Waals surface area contributed by atoms with Crippen LogP contribution in [0.2, 0.25) is 0 Å². The van der Waals surface area contributed by atoms with E-state index in [0.717, 1.165) is 25.7 Å². The summed E-state index contributed by atoms with van der Waals surface area (Å²) in [5.74, 6) is -0.468. The summed E-state index contributed by atoms with van der Waals surface area (Å²) in [6.07, 6.45) is 12.6. The van der Waals surface area contributed by atoms with Crippen molar-refractivity contribution < 1.29 is 19.4 Å². The van der Waals surface area contributed by atoms with Crippen LogP contribution in [0.3, 0.4) is 0 Å². The van der Waals surface area contributed by atoms with Crippen LogP contribution in [0.25, 0.3) is 0 Å². The van der Waals surface area contributed by atoms with Crippen LogP contribution in [-0.4, -0.2) is 52.4 Å². The topological polar surface area (TPSA) is 92.1 Å². The molecule has 0 saturated carbocycles. The zero-order valence-electron chi connectivity index (χ0n) is 16.1. The van der Waals surface area contributed by atoms with Gasteiger partial charge in [-0.3, -0.25) is 14.6 Å². The number of hydrogen-bond acceptors (Lipinski definition) is 5. The molecule has 2 saturated heterocycles. The lowest BCUT2D eigenvalue weighted by atomic mass is 9.78. The number of ether oxygens (including phenoxy) is 1. The number of aromatic nitrogens is 1. The number of unbranched alkanes of at least 4 members (excludes halogenated alkanes) is 1. The highest BCUT2D eigenvalue weighted by Crippen LogP contribution is 2.44. The van der Waals surface area contributed by atoms with Gasteiger partial charge in [0.05, 0.1) is 12.2 Å². The Morgan fingerprint density at radius 3 is 2.89 bits per heavy atom. The van der Waals surface area contributed by atoms with Crippen LogP contribution >= 0.6 is 0 Å². The largest absolute Gasteiger partial charge is 0.481 e. The molecule has 7 nitrogen and oxygen atoms in total. The minimum Gasteiger partial charge on any atom is -0.481 e. The van der Waals surface area contributed by atoms with E-state index in [1.54, 1.807) is 31.4 Å². The second kappa shape index (κ2) is 9.59. The van der Waals surface area contributed by atoms with E-state index in [9.17, 15) is 9.59 Å². The van der Waals surface area contributed by atoms with Crippen LogP contribution in [0, 0.1) is 11.8 Å². The van der Waals surface area contributed by atoms with Crippen molar-refractivity contribution in [2.75, 3.05) is 7.05 Å². The molecular formula is C21H27N3O4.